The molecule has 1 aliphatic rings. The number of nitrogens with one attached hydrogen (secondary N) is 2. The van der Waals surface area contributed by atoms with E-state index in [0.29, 0.717) is 5.71 Å². The molecule has 88 valence electrons. The normalized spacial score (nSPS) is 19.0. The summed E-state index contributed by atoms with van der Waals surface area (Å²) in [5.41, 5.74) is 3.70. The summed E-state index contributed by atoms with van der Waals surface area (Å²) >= 11 is 0. The second-order valence-corrected chi connectivity index (χ2v) is 3.61. The van der Waals surface area contributed by atoms with Crippen molar-refractivity contribution in [3.63, 3.8) is 0 Å². The lowest BCUT2D eigenvalue weighted by Crippen LogP contribution is -2.48. The number of urea groups is 1. The molecule has 0 fully saturated rings. The Morgan fingerprint density at radius 1 is 1.35 bits per heavy atom. The molecule has 0 aliphatic carbocycles. The SMILES string of the molecule is CC1NC(=O)NN=C1c1ccc([N+](=O)[O-])cc1. The summed E-state index contributed by atoms with van der Waals surface area (Å²) in [5, 5.41) is 17.1. The summed E-state index contributed by atoms with van der Waals surface area (Å²) in [6.07, 6.45) is 0. The van der Waals surface area contributed by atoms with Crippen molar-refractivity contribution in [2.24, 2.45) is 5.10 Å². The van der Waals surface area contributed by atoms with Crippen LogP contribution in [0.4, 0.5) is 10.5 Å². The molecule has 7 heteroatoms. The summed E-state index contributed by atoms with van der Waals surface area (Å²) in [6, 6.07) is 5.43. The molecule has 1 unspecified atom stereocenters. The van der Waals surface area contributed by atoms with Crippen LogP contribution in [0.3, 0.4) is 0 Å². The standard InChI is InChI=1S/C10H10N4O3/c1-6-9(12-13-10(15)11-6)7-2-4-8(5-3-7)14(16)17/h2-6H,1H3,(H2,11,13,15). The molecule has 2 amide bonds. The zero-order chi connectivity index (χ0) is 12.4. The first-order valence-corrected chi connectivity index (χ1v) is 4.97. The van der Waals surface area contributed by atoms with Crippen molar-refractivity contribution < 1.29 is 9.72 Å². The third-order valence-electron chi connectivity index (χ3n) is 2.41. The number of nitrogens with zero attached hydrogens (tertiary/aromatic N) is 2. The minimum absolute atomic E-state index is 0.0230. The number of hydrogen-bond acceptors (Lipinski definition) is 4. The molecule has 17 heavy (non-hydrogen) atoms. The van der Waals surface area contributed by atoms with Crippen molar-refractivity contribution in [1.82, 2.24) is 10.7 Å². The van der Waals surface area contributed by atoms with Crippen LogP contribution in [0.25, 0.3) is 0 Å². The van der Waals surface area contributed by atoms with Crippen LogP contribution in [0.15, 0.2) is 29.4 Å². The maximum atomic E-state index is 11.0. The van der Waals surface area contributed by atoms with E-state index in [4.69, 9.17) is 0 Å². The third-order valence-corrected chi connectivity index (χ3v) is 2.41. The van der Waals surface area contributed by atoms with Gasteiger partial charge in [-0.25, -0.2) is 10.2 Å². The molecule has 0 aromatic heterocycles. The van der Waals surface area contributed by atoms with Crippen LogP contribution in [0.1, 0.15) is 12.5 Å². The molecular weight excluding hydrogens is 224 g/mol. The van der Waals surface area contributed by atoms with E-state index in [1.807, 2.05) is 0 Å². The lowest BCUT2D eigenvalue weighted by Gasteiger charge is -2.20. The summed E-state index contributed by atoms with van der Waals surface area (Å²) in [6.45, 7) is 1.79. The molecule has 0 spiro atoms. The number of hydrazone groups is 1. The fourth-order valence-corrected chi connectivity index (χ4v) is 1.57. The first-order chi connectivity index (χ1) is 8.08. The van der Waals surface area contributed by atoms with Crippen molar-refractivity contribution in [3.8, 4) is 0 Å². The highest BCUT2D eigenvalue weighted by atomic mass is 16.6. The number of hydrogen-bond donors (Lipinski definition) is 2. The highest BCUT2D eigenvalue weighted by molar-refractivity contribution is 6.07. The summed E-state index contributed by atoms with van der Waals surface area (Å²) in [4.78, 5) is 21.0. The van der Waals surface area contributed by atoms with Crippen LogP contribution in [0.2, 0.25) is 0 Å². The minimum atomic E-state index is -0.462. The van der Waals surface area contributed by atoms with Crippen LogP contribution >= 0.6 is 0 Å². The van der Waals surface area contributed by atoms with E-state index in [-0.39, 0.29) is 17.8 Å². The maximum Gasteiger partial charge on any atom is 0.335 e. The Hall–Kier alpha value is -2.44. The van der Waals surface area contributed by atoms with Crippen LogP contribution in [-0.4, -0.2) is 22.7 Å². The van der Waals surface area contributed by atoms with Gasteiger partial charge in [-0.2, -0.15) is 5.10 Å². The Balaban J connectivity index is 2.28. The van der Waals surface area contributed by atoms with Crippen LogP contribution in [0.5, 0.6) is 0 Å². The zero-order valence-electron chi connectivity index (χ0n) is 9.01. The van der Waals surface area contributed by atoms with Gasteiger partial charge in [0.15, 0.2) is 0 Å². The molecule has 7 nitrogen and oxygen atoms in total. The number of rotatable bonds is 2. The van der Waals surface area contributed by atoms with E-state index >= 15 is 0 Å². The van der Waals surface area contributed by atoms with Gasteiger partial charge < -0.3 is 5.32 Å². The number of nitro groups is 1. The smallest absolute Gasteiger partial charge is 0.328 e. The van der Waals surface area contributed by atoms with Gasteiger partial charge >= 0.3 is 6.03 Å². The van der Waals surface area contributed by atoms with E-state index in [0.717, 1.165) is 5.56 Å². The van der Waals surface area contributed by atoms with Gasteiger partial charge in [0.2, 0.25) is 0 Å². The molecule has 0 bridgehead atoms. The van der Waals surface area contributed by atoms with Gasteiger partial charge in [-0.05, 0) is 19.1 Å². The minimum Gasteiger partial charge on any atom is -0.328 e. The Labute approximate surface area is 96.7 Å². The molecule has 1 atom stereocenters. The summed E-state index contributed by atoms with van der Waals surface area (Å²) < 4.78 is 0. The van der Waals surface area contributed by atoms with E-state index in [9.17, 15) is 14.9 Å². The first kappa shape index (κ1) is 11.1. The number of non-ortho nitro benzene ring substituents is 1. The molecule has 1 heterocycles. The lowest BCUT2D eigenvalue weighted by molar-refractivity contribution is -0.384. The van der Waals surface area contributed by atoms with Crippen LogP contribution in [-0.2, 0) is 0 Å². The summed E-state index contributed by atoms with van der Waals surface area (Å²) in [7, 11) is 0. The number of benzene rings is 1. The zero-order valence-corrected chi connectivity index (χ0v) is 9.01. The Morgan fingerprint density at radius 2 is 2.00 bits per heavy atom. The van der Waals surface area contributed by atoms with Gasteiger partial charge in [-0.15, -0.1) is 0 Å². The molecule has 2 rings (SSSR count). The van der Waals surface area contributed by atoms with Crippen LogP contribution in [0, 0.1) is 10.1 Å². The van der Waals surface area contributed by atoms with Crippen molar-refractivity contribution in [2.75, 3.05) is 0 Å². The average molecular weight is 234 g/mol. The second kappa shape index (κ2) is 4.20. The fraction of sp³-hybridized carbons (Fsp3) is 0.200. The molecule has 1 aromatic carbocycles. The highest BCUT2D eigenvalue weighted by Gasteiger charge is 2.20. The topological polar surface area (TPSA) is 96.6 Å². The van der Waals surface area contributed by atoms with E-state index in [2.05, 4.69) is 15.8 Å². The van der Waals surface area contributed by atoms with E-state index in [1.165, 1.54) is 12.1 Å². The van der Waals surface area contributed by atoms with Gasteiger partial charge in [0, 0.05) is 17.7 Å². The number of carbonyl (C=O) groups is 1. The Kier molecular flexibility index (Phi) is 2.73. The number of carbonyl (C=O) groups excluding carboxylic acids is 1. The molecule has 0 saturated heterocycles. The maximum absolute atomic E-state index is 11.0. The third kappa shape index (κ3) is 2.22. The lowest BCUT2D eigenvalue weighted by atomic mass is 10.0. The van der Waals surface area contributed by atoms with Gasteiger partial charge in [-0.3, -0.25) is 10.1 Å². The number of amides is 2. The van der Waals surface area contributed by atoms with Gasteiger partial charge in [-0.1, -0.05) is 0 Å². The molecule has 0 saturated carbocycles. The highest BCUT2D eigenvalue weighted by Crippen LogP contribution is 2.14. The van der Waals surface area contributed by atoms with E-state index in [1.54, 1.807) is 19.1 Å². The quantitative estimate of drug-likeness (QED) is 0.590. The molecular formula is C10H10N4O3. The molecule has 1 aromatic rings. The van der Waals surface area contributed by atoms with Crippen molar-refractivity contribution in [3.05, 3.63) is 39.9 Å². The predicted molar refractivity (Wildman–Crippen MR) is 60.8 cm³/mol. The van der Waals surface area contributed by atoms with Crippen molar-refractivity contribution in [2.45, 2.75) is 13.0 Å². The fourth-order valence-electron chi connectivity index (χ4n) is 1.57. The molecule has 2 N–H and O–H groups in total. The molecule has 1 aliphatic heterocycles. The summed E-state index contributed by atoms with van der Waals surface area (Å²) in [5.74, 6) is 0. The van der Waals surface area contributed by atoms with Gasteiger partial charge in [0.05, 0.1) is 16.7 Å². The van der Waals surface area contributed by atoms with Gasteiger partial charge in [0.25, 0.3) is 5.69 Å². The molecule has 0 radical (unpaired) electrons. The second-order valence-electron chi connectivity index (χ2n) is 3.61. The van der Waals surface area contributed by atoms with E-state index < -0.39 is 4.92 Å². The first-order valence-electron chi connectivity index (χ1n) is 4.97. The largest absolute Gasteiger partial charge is 0.335 e. The van der Waals surface area contributed by atoms with Crippen LogP contribution < -0.4 is 10.7 Å². The Morgan fingerprint density at radius 3 is 2.53 bits per heavy atom. The number of nitro benzene ring substituents is 1. The van der Waals surface area contributed by atoms with Crippen molar-refractivity contribution >= 4 is 17.4 Å². The van der Waals surface area contributed by atoms with Gasteiger partial charge in [0.1, 0.15) is 0 Å². The predicted octanol–water partition coefficient (Wildman–Crippen LogP) is 1.00. The Bertz CT molecular complexity index is 495. The monoisotopic (exact) mass is 234 g/mol. The average Bonchev–Trinajstić information content (AvgIpc) is 2.29. The van der Waals surface area contributed by atoms with Crippen molar-refractivity contribution in [1.29, 1.82) is 0 Å².